The second-order valence-electron chi connectivity index (χ2n) is 4.92. The maximum atomic E-state index is 12.2. The Morgan fingerprint density at radius 2 is 2.35 bits per heavy atom. The molecule has 3 N–H and O–H groups in total. The molecule has 7 nitrogen and oxygen atoms in total. The van der Waals surface area contributed by atoms with Gasteiger partial charge in [-0.3, -0.25) is 14.9 Å². The van der Waals surface area contributed by atoms with E-state index in [2.05, 4.69) is 5.32 Å². The topological polar surface area (TPSA) is 107 Å². The first-order valence-electron chi connectivity index (χ1n) is 6.41. The summed E-state index contributed by atoms with van der Waals surface area (Å²) in [5, 5.41) is 13.7. The third-order valence-corrected chi connectivity index (χ3v) is 3.49. The minimum absolute atomic E-state index is 0.0132. The number of nitro benzene ring substituents is 1. The summed E-state index contributed by atoms with van der Waals surface area (Å²) >= 11 is 0. The number of amides is 1. The Morgan fingerprint density at radius 3 is 2.95 bits per heavy atom. The van der Waals surface area contributed by atoms with Gasteiger partial charge in [-0.15, -0.1) is 0 Å². The number of carbonyl (C=O) groups is 1. The molecule has 1 aromatic carbocycles. The molecule has 1 amide bonds. The van der Waals surface area contributed by atoms with Crippen LogP contribution < -0.4 is 11.1 Å². The van der Waals surface area contributed by atoms with Crippen molar-refractivity contribution in [2.45, 2.75) is 19.4 Å². The molecule has 20 heavy (non-hydrogen) atoms. The van der Waals surface area contributed by atoms with Crippen LogP contribution in [-0.4, -0.2) is 30.1 Å². The Labute approximate surface area is 116 Å². The molecule has 0 bridgehead atoms. The van der Waals surface area contributed by atoms with E-state index in [1.165, 1.54) is 18.2 Å². The van der Waals surface area contributed by atoms with Gasteiger partial charge in [-0.25, -0.2) is 0 Å². The molecule has 1 fully saturated rings. The highest BCUT2D eigenvalue weighted by molar-refractivity contribution is 5.99. The Balaban J connectivity index is 2.15. The van der Waals surface area contributed by atoms with Crippen molar-refractivity contribution in [3.05, 3.63) is 33.9 Å². The lowest BCUT2D eigenvalue weighted by Crippen LogP contribution is -2.38. The number of nitrogens with two attached hydrogens (primary N) is 1. The molecule has 1 aliphatic heterocycles. The summed E-state index contributed by atoms with van der Waals surface area (Å²) in [5.74, 6) is -0.248. The Morgan fingerprint density at radius 1 is 1.60 bits per heavy atom. The van der Waals surface area contributed by atoms with Gasteiger partial charge in [0.2, 0.25) is 0 Å². The monoisotopic (exact) mass is 279 g/mol. The summed E-state index contributed by atoms with van der Waals surface area (Å²) in [6.45, 7) is 3.15. The molecule has 2 atom stereocenters. The number of nitro groups is 1. The van der Waals surface area contributed by atoms with Gasteiger partial charge in [-0.05, 0) is 25.5 Å². The minimum atomic E-state index is -0.586. The number of nitrogen functional groups attached to an aromatic ring is 1. The van der Waals surface area contributed by atoms with E-state index in [1.54, 1.807) is 0 Å². The van der Waals surface area contributed by atoms with Crippen LogP contribution in [0.1, 0.15) is 23.7 Å². The van der Waals surface area contributed by atoms with Crippen molar-refractivity contribution in [3.63, 3.8) is 0 Å². The fourth-order valence-electron chi connectivity index (χ4n) is 2.24. The van der Waals surface area contributed by atoms with Gasteiger partial charge in [0.05, 0.1) is 11.5 Å². The highest BCUT2D eigenvalue weighted by Gasteiger charge is 2.26. The number of anilines is 1. The van der Waals surface area contributed by atoms with Crippen LogP contribution in [0, 0.1) is 16.0 Å². The van der Waals surface area contributed by atoms with E-state index in [4.69, 9.17) is 10.5 Å². The summed E-state index contributed by atoms with van der Waals surface area (Å²) in [5.41, 5.74) is 5.66. The molecule has 0 aliphatic carbocycles. The molecular formula is C13H17N3O4. The van der Waals surface area contributed by atoms with Gasteiger partial charge in [0.15, 0.2) is 0 Å². The van der Waals surface area contributed by atoms with Crippen LogP contribution in [0.25, 0.3) is 0 Å². The molecule has 0 saturated carbocycles. The van der Waals surface area contributed by atoms with E-state index in [9.17, 15) is 14.9 Å². The van der Waals surface area contributed by atoms with Crippen molar-refractivity contribution in [3.8, 4) is 0 Å². The number of nitrogens with one attached hydrogen (secondary N) is 1. The fourth-order valence-corrected chi connectivity index (χ4v) is 2.24. The number of ether oxygens (including phenoxy) is 1. The zero-order valence-electron chi connectivity index (χ0n) is 11.2. The first-order chi connectivity index (χ1) is 9.49. The van der Waals surface area contributed by atoms with Gasteiger partial charge >= 0.3 is 0 Å². The van der Waals surface area contributed by atoms with E-state index in [1.807, 2.05) is 6.92 Å². The Kier molecular flexibility index (Phi) is 4.19. The lowest BCUT2D eigenvalue weighted by atomic mass is 10.00. The van der Waals surface area contributed by atoms with Crippen molar-refractivity contribution >= 4 is 17.3 Å². The molecule has 1 aromatic rings. The molecular weight excluding hydrogens is 262 g/mol. The molecule has 1 aliphatic rings. The first kappa shape index (κ1) is 14.3. The quantitative estimate of drug-likeness (QED) is 0.491. The van der Waals surface area contributed by atoms with Crippen LogP contribution in [0.5, 0.6) is 0 Å². The van der Waals surface area contributed by atoms with Crippen LogP contribution in [0.2, 0.25) is 0 Å². The second-order valence-corrected chi connectivity index (χ2v) is 4.92. The summed E-state index contributed by atoms with van der Waals surface area (Å²) < 4.78 is 5.27. The van der Waals surface area contributed by atoms with E-state index in [-0.39, 0.29) is 23.2 Å². The van der Waals surface area contributed by atoms with Crippen LogP contribution in [0.4, 0.5) is 11.4 Å². The van der Waals surface area contributed by atoms with Crippen LogP contribution in [-0.2, 0) is 4.74 Å². The summed E-state index contributed by atoms with van der Waals surface area (Å²) in [7, 11) is 0. The molecule has 0 radical (unpaired) electrons. The van der Waals surface area contributed by atoms with Crippen molar-refractivity contribution in [2.75, 3.05) is 18.9 Å². The van der Waals surface area contributed by atoms with Crippen LogP contribution >= 0.6 is 0 Å². The SMILES string of the molecule is CC(NC(=O)c1cc(N)ccc1[N+](=O)[O-])C1CCOC1. The second kappa shape index (κ2) is 5.87. The number of hydrogen-bond acceptors (Lipinski definition) is 5. The van der Waals surface area contributed by atoms with Crippen molar-refractivity contribution in [2.24, 2.45) is 5.92 Å². The smallest absolute Gasteiger partial charge is 0.282 e. The average Bonchev–Trinajstić information content (AvgIpc) is 2.92. The number of benzene rings is 1. The molecule has 1 saturated heterocycles. The van der Waals surface area contributed by atoms with Gasteiger partial charge in [0.1, 0.15) is 5.56 Å². The number of hydrogen-bond donors (Lipinski definition) is 2. The van der Waals surface area contributed by atoms with Crippen molar-refractivity contribution in [1.82, 2.24) is 5.32 Å². The third kappa shape index (κ3) is 3.05. The largest absolute Gasteiger partial charge is 0.399 e. The lowest BCUT2D eigenvalue weighted by Gasteiger charge is -2.19. The summed E-state index contributed by atoms with van der Waals surface area (Å²) in [4.78, 5) is 22.5. The van der Waals surface area contributed by atoms with Crippen molar-refractivity contribution < 1.29 is 14.5 Å². The zero-order valence-corrected chi connectivity index (χ0v) is 11.2. The minimum Gasteiger partial charge on any atom is -0.399 e. The van der Waals surface area contributed by atoms with Gasteiger partial charge in [0, 0.05) is 30.3 Å². The highest BCUT2D eigenvalue weighted by atomic mass is 16.6. The van der Waals surface area contributed by atoms with E-state index < -0.39 is 10.8 Å². The van der Waals surface area contributed by atoms with Crippen LogP contribution in [0.3, 0.4) is 0 Å². The Hall–Kier alpha value is -2.15. The molecule has 108 valence electrons. The fraction of sp³-hybridized carbons (Fsp3) is 0.462. The molecule has 2 rings (SSSR count). The van der Waals surface area contributed by atoms with Gasteiger partial charge < -0.3 is 15.8 Å². The normalized spacial score (nSPS) is 19.6. The molecule has 7 heteroatoms. The summed E-state index contributed by atoms with van der Waals surface area (Å²) in [6, 6.07) is 3.87. The van der Waals surface area contributed by atoms with Gasteiger partial charge in [0.25, 0.3) is 11.6 Å². The molecule has 2 unspecified atom stereocenters. The number of carbonyl (C=O) groups excluding carboxylic acids is 1. The van der Waals surface area contributed by atoms with Gasteiger partial charge in [-0.1, -0.05) is 0 Å². The first-order valence-corrected chi connectivity index (χ1v) is 6.41. The van der Waals surface area contributed by atoms with E-state index >= 15 is 0 Å². The lowest BCUT2D eigenvalue weighted by molar-refractivity contribution is -0.385. The van der Waals surface area contributed by atoms with E-state index in [0.29, 0.717) is 18.9 Å². The van der Waals surface area contributed by atoms with Gasteiger partial charge in [-0.2, -0.15) is 0 Å². The van der Waals surface area contributed by atoms with Crippen LogP contribution in [0.15, 0.2) is 18.2 Å². The molecule has 1 heterocycles. The standard InChI is InChI=1S/C13H17N3O4/c1-8(9-4-5-20-7-9)15-13(17)11-6-10(14)2-3-12(11)16(18)19/h2-3,6,8-9H,4-5,7,14H2,1H3,(H,15,17). The predicted molar refractivity (Wildman–Crippen MR) is 73.4 cm³/mol. The maximum Gasteiger partial charge on any atom is 0.282 e. The highest BCUT2D eigenvalue weighted by Crippen LogP contribution is 2.22. The van der Waals surface area contributed by atoms with Crippen molar-refractivity contribution in [1.29, 1.82) is 0 Å². The Bertz CT molecular complexity index is 526. The van der Waals surface area contributed by atoms with E-state index in [0.717, 1.165) is 6.42 Å². The number of nitrogens with zero attached hydrogens (tertiary/aromatic N) is 1. The zero-order chi connectivity index (χ0) is 14.7. The summed E-state index contributed by atoms with van der Waals surface area (Å²) in [6.07, 6.45) is 0.875. The third-order valence-electron chi connectivity index (χ3n) is 3.49. The predicted octanol–water partition coefficient (Wildman–Crippen LogP) is 1.33. The maximum absolute atomic E-state index is 12.2. The number of rotatable bonds is 4. The molecule has 0 aromatic heterocycles. The average molecular weight is 279 g/mol. The molecule has 0 spiro atoms.